The van der Waals surface area contributed by atoms with Gasteiger partial charge in [0, 0.05) is 28.2 Å². The van der Waals surface area contributed by atoms with Crippen LogP contribution in [-0.2, 0) is 17.8 Å². The van der Waals surface area contributed by atoms with Gasteiger partial charge in [-0.25, -0.2) is 14.1 Å². The van der Waals surface area contributed by atoms with Crippen LogP contribution in [0.15, 0.2) is 71.5 Å². The lowest BCUT2D eigenvalue weighted by atomic mass is 10.1. The SMILES string of the molecule is Cc1sc(NC(=O)Cn2nnc3ccccc3c2=O)nc1-c1ccc2c(c1)CCN2C(=O)c1ccc(F)cc1. The first-order chi connectivity index (χ1) is 18.9. The van der Waals surface area contributed by atoms with Crippen molar-refractivity contribution >= 4 is 44.9 Å². The number of nitrogens with one attached hydrogen (secondary N) is 1. The van der Waals surface area contributed by atoms with E-state index in [0.717, 1.165) is 32.1 Å². The number of nitrogens with zero attached hydrogens (tertiary/aromatic N) is 5. The van der Waals surface area contributed by atoms with E-state index in [2.05, 4.69) is 20.6 Å². The number of thiazole rings is 1. The van der Waals surface area contributed by atoms with Crippen molar-refractivity contribution in [2.75, 3.05) is 16.8 Å². The van der Waals surface area contributed by atoms with E-state index in [4.69, 9.17) is 0 Å². The molecule has 11 heteroatoms. The molecular weight excluding hydrogens is 519 g/mol. The summed E-state index contributed by atoms with van der Waals surface area (Å²) in [5.41, 5.74) is 3.93. The summed E-state index contributed by atoms with van der Waals surface area (Å²) in [7, 11) is 0. The fourth-order valence-electron chi connectivity index (χ4n) is 4.65. The summed E-state index contributed by atoms with van der Waals surface area (Å²) in [5.74, 6) is -0.999. The molecule has 1 aliphatic rings. The second-order valence-electron chi connectivity index (χ2n) is 9.10. The minimum atomic E-state index is -0.439. The van der Waals surface area contributed by atoms with Crippen LogP contribution in [-0.4, -0.2) is 38.3 Å². The standard InChI is InChI=1S/C28H21FN6O3S/c1-16-25(19-8-11-23-18(14-19)12-13-34(23)26(37)17-6-9-20(29)10-7-17)31-28(39-16)30-24(36)15-35-27(38)21-4-2-3-5-22(21)32-33-35/h2-11,14H,12-13,15H2,1H3,(H,30,31,36). The number of benzene rings is 3. The lowest BCUT2D eigenvalue weighted by Crippen LogP contribution is -2.30. The second-order valence-corrected chi connectivity index (χ2v) is 10.3. The van der Waals surface area contributed by atoms with Crippen molar-refractivity contribution in [3.8, 4) is 11.3 Å². The number of halogens is 1. The van der Waals surface area contributed by atoms with E-state index >= 15 is 0 Å². The number of hydrogen-bond acceptors (Lipinski definition) is 7. The summed E-state index contributed by atoms with van der Waals surface area (Å²) < 4.78 is 14.3. The van der Waals surface area contributed by atoms with Crippen LogP contribution in [0.2, 0.25) is 0 Å². The highest BCUT2D eigenvalue weighted by molar-refractivity contribution is 7.16. The van der Waals surface area contributed by atoms with Gasteiger partial charge in [0.15, 0.2) is 5.13 Å². The van der Waals surface area contributed by atoms with Crippen molar-refractivity contribution in [1.82, 2.24) is 20.0 Å². The number of rotatable bonds is 5. The fraction of sp³-hybridized carbons (Fsp3) is 0.143. The zero-order chi connectivity index (χ0) is 27.1. The highest BCUT2D eigenvalue weighted by Gasteiger charge is 2.26. The van der Waals surface area contributed by atoms with Crippen LogP contribution in [0.25, 0.3) is 22.2 Å². The Morgan fingerprint density at radius 1 is 1.08 bits per heavy atom. The monoisotopic (exact) mass is 540 g/mol. The van der Waals surface area contributed by atoms with E-state index in [1.807, 2.05) is 25.1 Å². The van der Waals surface area contributed by atoms with E-state index in [1.54, 1.807) is 29.2 Å². The first-order valence-electron chi connectivity index (χ1n) is 12.2. The smallest absolute Gasteiger partial charge is 0.278 e. The Kier molecular flexibility index (Phi) is 6.20. The highest BCUT2D eigenvalue weighted by atomic mass is 32.1. The van der Waals surface area contributed by atoms with E-state index in [0.29, 0.717) is 34.6 Å². The van der Waals surface area contributed by atoms with Gasteiger partial charge >= 0.3 is 0 Å². The van der Waals surface area contributed by atoms with E-state index in [1.165, 1.54) is 35.6 Å². The van der Waals surface area contributed by atoms with Crippen molar-refractivity contribution in [2.45, 2.75) is 19.9 Å². The molecule has 0 bridgehead atoms. The molecule has 0 atom stereocenters. The quantitative estimate of drug-likeness (QED) is 0.358. The predicted octanol–water partition coefficient (Wildman–Crippen LogP) is 4.20. The normalized spacial score (nSPS) is 12.5. The summed E-state index contributed by atoms with van der Waals surface area (Å²) in [4.78, 5) is 45.5. The van der Waals surface area contributed by atoms with Crippen molar-refractivity contribution in [1.29, 1.82) is 0 Å². The third-order valence-corrected chi connectivity index (χ3v) is 7.44. The van der Waals surface area contributed by atoms with Crippen molar-refractivity contribution in [3.05, 3.63) is 98.9 Å². The maximum absolute atomic E-state index is 13.3. The van der Waals surface area contributed by atoms with Crippen LogP contribution in [0.1, 0.15) is 20.8 Å². The van der Waals surface area contributed by atoms with Crippen LogP contribution in [0.4, 0.5) is 15.2 Å². The first kappa shape index (κ1) is 24.6. The van der Waals surface area contributed by atoms with Gasteiger partial charge < -0.3 is 10.2 Å². The van der Waals surface area contributed by atoms with E-state index in [9.17, 15) is 18.8 Å². The van der Waals surface area contributed by atoms with Gasteiger partial charge in [-0.1, -0.05) is 23.4 Å². The number of aromatic nitrogens is 4. The molecule has 0 radical (unpaired) electrons. The molecule has 3 heterocycles. The molecule has 0 fully saturated rings. The Morgan fingerprint density at radius 3 is 2.69 bits per heavy atom. The van der Waals surface area contributed by atoms with Crippen molar-refractivity contribution < 1.29 is 14.0 Å². The number of amides is 2. The zero-order valence-electron chi connectivity index (χ0n) is 20.7. The Morgan fingerprint density at radius 2 is 1.87 bits per heavy atom. The summed E-state index contributed by atoms with van der Waals surface area (Å²) in [5, 5.41) is 11.4. The molecule has 0 aliphatic carbocycles. The van der Waals surface area contributed by atoms with E-state index in [-0.39, 0.29) is 18.3 Å². The molecule has 2 aromatic heterocycles. The predicted molar refractivity (Wildman–Crippen MR) is 146 cm³/mol. The second kappa shape index (κ2) is 9.84. The highest BCUT2D eigenvalue weighted by Crippen LogP contribution is 2.36. The van der Waals surface area contributed by atoms with Gasteiger partial charge in [-0.05, 0) is 67.4 Å². The summed E-state index contributed by atoms with van der Waals surface area (Å²) >= 11 is 1.33. The maximum Gasteiger partial charge on any atom is 0.278 e. The Labute approximate surface area is 225 Å². The zero-order valence-corrected chi connectivity index (χ0v) is 21.5. The van der Waals surface area contributed by atoms with Crippen LogP contribution in [0, 0.1) is 12.7 Å². The molecule has 1 N–H and O–H groups in total. The van der Waals surface area contributed by atoms with Crippen molar-refractivity contribution in [3.63, 3.8) is 0 Å². The third kappa shape index (κ3) is 4.68. The van der Waals surface area contributed by atoms with Crippen molar-refractivity contribution in [2.24, 2.45) is 0 Å². The topological polar surface area (TPSA) is 110 Å². The summed E-state index contributed by atoms with van der Waals surface area (Å²) in [6.07, 6.45) is 0.685. The molecule has 0 unspecified atom stereocenters. The molecule has 6 rings (SSSR count). The summed E-state index contributed by atoms with van der Waals surface area (Å²) in [6, 6.07) is 18.2. The number of aryl methyl sites for hydroxylation is 1. The molecule has 5 aromatic rings. The van der Waals surface area contributed by atoms with E-state index < -0.39 is 11.5 Å². The lowest BCUT2D eigenvalue weighted by molar-refractivity contribution is -0.117. The number of carbonyl (C=O) groups is 2. The Hall–Kier alpha value is -4.77. The average molecular weight is 541 g/mol. The molecule has 39 heavy (non-hydrogen) atoms. The number of carbonyl (C=O) groups excluding carboxylic acids is 2. The number of anilines is 2. The largest absolute Gasteiger partial charge is 0.308 e. The molecule has 1 aliphatic heterocycles. The molecule has 0 spiro atoms. The average Bonchev–Trinajstić information content (AvgIpc) is 3.53. The fourth-order valence-corrected chi connectivity index (χ4v) is 5.50. The van der Waals surface area contributed by atoms with Crippen LogP contribution >= 0.6 is 11.3 Å². The van der Waals surface area contributed by atoms with Gasteiger partial charge in [0.05, 0.1) is 11.1 Å². The van der Waals surface area contributed by atoms with Crippen LogP contribution in [0.3, 0.4) is 0 Å². The minimum Gasteiger partial charge on any atom is -0.308 e. The molecule has 0 saturated heterocycles. The number of hydrogen-bond donors (Lipinski definition) is 1. The first-order valence-corrected chi connectivity index (χ1v) is 13.0. The molecule has 194 valence electrons. The number of fused-ring (bicyclic) bond motifs is 2. The molecule has 2 amide bonds. The molecular formula is C28H21FN6O3S. The lowest BCUT2D eigenvalue weighted by Gasteiger charge is -2.17. The molecule has 0 saturated carbocycles. The Bertz CT molecular complexity index is 1810. The molecule has 9 nitrogen and oxygen atoms in total. The maximum atomic E-state index is 13.3. The Balaban J connectivity index is 1.18. The van der Waals surface area contributed by atoms with Crippen LogP contribution < -0.4 is 15.8 Å². The van der Waals surface area contributed by atoms with Crippen LogP contribution in [0.5, 0.6) is 0 Å². The van der Waals surface area contributed by atoms with Gasteiger partial charge in [-0.3, -0.25) is 14.4 Å². The summed E-state index contributed by atoms with van der Waals surface area (Å²) in [6.45, 7) is 2.16. The van der Waals surface area contributed by atoms with Gasteiger partial charge in [0.25, 0.3) is 11.5 Å². The van der Waals surface area contributed by atoms with Gasteiger partial charge in [-0.2, -0.15) is 0 Å². The van der Waals surface area contributed by atoms with Gasteiger partial charge in [-0.15, -0.1) is 16.4 Å². The van der Waals surface area contributed by atoms with Gasteiger partial charge in [0.2, 0.25) is 5.91 Å². The molecule has 3 aromatic carbocycles. The minimum absolute atomic E-state index is 0.174. The van der Waals surface area contributed by atoms with Gasteiger partial charge in [0.1, 0.15) is 17.9 Å². The third-order valence-electron chi connectivity index (χ3n) is 6.55.